The SMILES string of the molecule is Cc1c(Br)cccc1-c1nc2c(o1)CN(C(=O)CN1CC[C@H](C(=O)O)C1)C2. The molecule has 4 rings (SSSR count). The van der Waals surface area contributed by atoms with Crippen LogP contribution in [0.4, 0.5) is 0 Å². The topological polar surface area (TPSA) is 86.9 Å². The fourth-order valence-corrected chi connectivity index (χ4v) is 4.01. The Bertz CT molecular complexity index is 887. The first-order chi connectivity index (χ1) is 12.9. The van der Waals surface area contributed by atoms with E-state index in [0.29, 0.717) is 38.5 Å². The third-order valence-electron chi connectivity index (χ3n) is 5.28. The highest BCUT2D eigenvalue weighted by molar-refractivity contribution is 9.10. The molecule has 2 aromatic rings. The van der Waals surface area contributed by atoms with Crippen LogP contribution in [0.25, 0.3) is 11.5 Å². The Labute approximate surface area is 165 Å². The number of carboxylic acids is 1. The number of amides is 1. The van der Waals surface area contributed by atoms with E-state index in [2.05, 4.69) is 20.9 Å². The van der Waals surface area contributed by atoms with Gasteiger partial charge in [-0.05, 0) is 37.6 Å². The third kappa shape index (κ3) is 3.51. The normalized spacial score (nSPS) is 19.5. The highest BCUT2D eigenvalue weighted by Gasteiger charge is 2.33. The molecule has 0 saturated carbocycles. The van der Waals surface area contributed by atoms with Crippen LogP contribution in [-0.4, -0.2) is 51.4 Å². The second-order valence-corrected chi connectivity index (χ2v) is 7.96. The van der Waals surface area contributed by atoms with Crippen LogP contribution >= 0.6 is 15.9 Å². The largest absolute Gasteiger partial charge is 0.481 e. The molecule has 8 heteroatoms. The van der Waals surface area contributed by atoms with E-state index in [9.17, 15) is 9.59 Å². The van der Waals surface area contributed by atoms with Crippen LogP contribution in [0, 0.1) is 12.8 Å². The molecule has 1 aromatic carbocycles. The van der Waals surface area contributed by atoms with Gasteiger partial charge in [0.05, 0.1) is 25.6 Å². The lowest BCUT2D eigenvalue weighted by atomic mass is 10.1. The molecular weight excluding hydrogens is 414 g/mol. The Hall–Kier alpha value is -2.19. The summed E-state index contributed by atoms with van der Waals surface area (Å²) in [6.07, 6.45) is 0.597. The van der Waals surface area contributed by atoms with Crippen molar-refractivity contribution >= 4 is 27.8 Å². The summed E-state index contributed by atoms with van der Waals surface area (Å²) < 4.78 is 6.93. The molecule has 0 bridgehead atoms. The first kappa shape index (κ1) is 18.2. The summed E-state index contributed by atoms with van der Waals surface area (Å²) in [5, 5.41) is 9.08. The molecule has 142 valence electrons. The van der Waals surface area contributed by atoms with Crippen molar-refractivity contribution in [1.29, 1.82) is 0 Å². The number of halogens is 1. The van der Waals surface area contributed by atoms with E-state index in [4.69, 9.17) is 9.52 Å². The Morgan fingerprint density at radius 3 is 2.89 bits per heavy atom. The van der Waals surface area contributed by atoms with E-state index in [1.54, 1.807) is 4.90 Å². The second-order valence-electron chi connectivity index (χ2n) is 7.11. The van der Waals surface area contributed by atoms with E-state index in [0.717, 1.165) is 27.1 Å². The number of carbonyl (C=O) groups is 2. The maximum atomic E-state index is 12.6. The standard InChI is InChI=1S/C19H20BrN3O4/c1-11-13(3-2-4-14(11)20)18-21-15-8-23(9-16(15)27-18)17(24)10-22-6-5-12(7-22)19(25)26/h2-4,12H,5-10H2,1H3,(H,25,26)/t12-/m0/s1. The van der Waals surface area contributed by atoms with E-state index in [1.807, 2.05) is 30.0 Å². The van der Waals surface area contributed by atoms with Crippen molar-refractivity contribution in [1.82, 2.24) is 14.8 Å². The van der Waals surface area contributed by atoms with Crippen molar-refractivity contribution in [3.8, 4) is 11.5 Å². The molecule has 3 heterocycles. The molecule has 2 aliphatic heterocycles. The van der Waals surface area contributed by atoms with Gasteiger partial charge in [0.25, 0.3) is 0 Å². The van der Waals surface area contributed by atoms with E-state index < -0.39 is 5.97 Å². The monoisotopic (exact) mass is 433 g/mol. The third-order valence-corrected chi connectivity index (χ3v) is 6.14. The van der Waals surface area contributed by atoms with E-state index in [1.165, 1.54) is 0 Å². The summed E-state index contributed by atoms with van der Waals surface area (Å²) >= 11 is 3.52. The van der Waals surface area contributed by atoms with Crippen LogP contribution in [0.1, 0.15) is 23.4 Å². The van der Waals surface area contributed by atoms with Gasteiger partial charge in [0.2, 0.25) is 11.8 Å². The lowest BCUT2D eigenvalue weighted by Gasteiger charge is -2.20. The zero-order valence-electron chi connectivity index (χ0n) is 14.9. The van der Waals surface area contributed by atoms with Gasteiger partial charge < -0.3 is 14.4 Å². The molecule has 1 atom stereocenters. The number of benzene rings is 1. The average Bonchev–Trinajstić information content (AvgIpc) is 3.31. The van der Waals surface area contributed by atoms with Gasteiger partial charge in [-0.2, -0.15) is 0 Å². The molecule has 1 aromatic heterocycles. The van der Waals surface area contributed by atoms with Crippen LogP contribution in [0.2, 0.25) is 0 Å². The Kier molecular flexibility index (Phi) is 4.77. The quantitative estimate of drug-likeness (QED) is 0.797. The van der Waals surface area contributed by atoms with Crippen molar-refractivity contribution in [3.05, 3.63) is 39.7 Å². The number of hydrogen-bond acceptors (Lipinski definition) is 5. The number of carboxylic acid groups (broad SMARTS) is 1. The van der Waals surface area contributed by atoms with Crippen molar-refractivity contribution in [2.24, 2.45) is 5.92 Å². The minimum absolute atomic E-state index is 0.0191. The van der Waals surface area contributed by atoms with Gasteiger partial charge in [-0.15, -0.1) is 0 Å². The fraction of sp³-hybridized carbons (Fsp3) is 0.421. The molecule has 27 heavy (non-hydrogen) atoms. The number of likely N-dealkylation sites (tertiary alicyclic amines) is 1. The highest BCUT2D eigenvalue weighted by Crippen LogP contribution is 2.32. The molecule has 0 aliphatic carbocycles. The van der Waals surface area contributed by atoms with Crippen molar-refractivity contribution in [2.45, 2.75) is 26.4 Å². The summed E-state index contributed by atoms with van der Waals surface area (Å²) in [4.78, 5) is 31.8. The van der Waals surface area contributed by atoms with Gasteiger partial charge in [0.1, 0.15) is 11.5 Å². The number of aliphatic carboxylic acids is 1. The number of nitrogens with zero attached hydrogens (tertiary/aromatic N) is 3. The zero-order valence-corrected chi connectivity index (χ0v) is 16.5. The molecule has 1 fully saturated rings. The second kappa shape index (κ2) is 7.09. The molecule has 1 N–H and O–H groups in total. The summed E-state index contributed by atoms with van der Waals surface area (Å²) in [6, 6.07) is 5.89. The van der Waals surface area contributed by atoms with Gasteiger partial charge in [-0.1, -0.05) is 22.0 Å². The minimum atomic E-state index is -0.787. The maximum absolute atomic E-state index is 12.6. The molecule has 0 unspecified atom stereocenters. The van der Waals surface area contributed by atoms with Gasteiger partial charge in [-0.25, -0.2) is 4.98 Å². The highest BCUT2D eigenvalue weighted by atomic mass is 79.9. The fourth-order valence-electron chi connectivity index (χ4n) is 3.64. The summed E-state index contributed by atoms with van der Waals surface area (Å²) in [5.41, 5.74) is 2.79. The number of aromatic nitrogens is 1. The van der Waals surface area contributed by atoms with Gasteiger partial charge in [0.15, 0.2) is 0 Å². The average molecular weight is 434 g/mol. The molecular formula is C19H20BrN3O4. The smallest absolute Gasteiger partial charge is 0.307 e. The van der Waals surface area contributed by atoms with Crippen LogP contribution in [-0.2, 0) is 22.7 Å². The molecule has 0 radical (unpaired) electrons. The van der Waals surface area contributed by atoms with Crippen molar-refractivity contribution in [3.63, 3.8) is 0 Å². The van der Waals surface area contributed by atoms with Crippen LogP contribution in [0.15, 0.2) is 27.1 Å². The molecule has 7 nitrogen and oxygen atoms in total. The first-order valence-corrected chi connectivity index (χ1v) is 9.68. The number of rotatable bonds is 4. The van der Waals surface area contributed by atoms with Gasteiger partial charge in [0, 0.05) is 16.6 Å². The van der Waals surface area contributed by atoms with Crippen molar-refractivity contribution < 1.29 is 19.1 Å². The van der Waals surface area contributed by atoms with Crippen LogP contribution in [0.5, 0.6) is 0 Å². The molecule has 0 spiro atoms. The van der Waals surface area contributed by atoms with Gasteiger partial charge in [-0.3, -0.25) is 14.5 Å². The number of carbonyl (C=O) groups excluding carboxylic acids is 1. The first-order valence-electron chi connectivity index (χ1n) is 8.89. The molecule has 1 saturated heterocycles. The lowest BCUT2D eigenvalue weighted by Crippen LogP contribution is -2.37. The predicted molar refractivity (Wildman–Crippen MR) is 101 cm³/mol. The predicted octanol–water partition coefficient (Wildman–Crippen LogP) is 2.66. The maximum Gasteiger partial charge on any atom is 0.307 e. The summed E-state index contributed by atoms with van der Waals surface area (Å²) in [6.45, 7) is 4.16. The Balaban J connectivity index is 1.40. The van der Waals surface area contributed by atoms with Crippen LogP contribution < -0.4 is 0 Å². The Morgan fingerprint density at radius 1 is 1.37 bits per heavy atom. The van der Waals surface area contributed by atoms with E-state index in [-0.39, 0.29) is 18.4 Å². The molecule has 1 amide bonds. The van der Waals surface area contributed by atoms with Crippen molar-refractivity contribution in [2.75, 3.05) is 19.6 Å². The summed E-state index contributed by atoms with van der Waals surface area (Å²) in [5.74, 6) is 0.125. The number of hydrogen-bond donors (Lipinski definition) is 1. The van der Waals surface area contributed by atoms with E-state index >= 15 is 0 Å². The Morgan fingerprint density at radius 2 is 2.19 bits per heavy atom. The molecule has 2 aliphatic rings. The number of oxazole rings is 1. The lowest BCUT2D eigenvalue weighted by molar-refractivity contribution is -0.141. The van der Waals surface area contributed by atoms with Crippen LogP contribution in [0.3, 0.4) is 0 Å². The minimum Gasteiger partial charge on any atom is -0.481 e. The zero-order chi connectivity index (χ0) is 19.1. The number of fused-ring (bicyclic) bond motifs is 1. The van der Waals surface area contributed by atoms with Gasteiger partial charge >= 0.3 is 5.97 Å². The summed E-state index contributed by atoms with van der Waals surface area (Å²) in [7, 11) is 0.